The number of aromatic nitrogens is 1. The summed E-state index contributed by atoms with van der Waals surface area (Å²) in [6, 6.07) is 15.3. The van der Waals surface area contributed by atoms with E-state index in [0.29, 0.717) is 25.1 Å². The van der Waals surface area contributed by atoms with Crippen molar-refractivity contribution in [2.24, 2.45) is 0 Å². The molecule has 0 saturated carbocycles. The standard InChI is InChI=1S/C26H21F2N3O3S/c27-19-3-6-21(7-4-19)30-35(33,34)22-8-1-18(2-9-22)26(32)31-13-11-17(12-14-31)24-16-29-25-15-20(28)5-10-23(24)25/h1-11,15-16,29-30H,12-14H2. The molecule has 6 nitrogen and oxygen atoms in total. The second kappa shape index (κ2) is 8.99. The third-order valence-electron chi connectivity index (χ3n) is 5.99. The lowest BCUT2D eigenvalue weighted by molar-refractivity contribution is 0.0773. The third-order valence-corrected chi connectivity index (χ3v) is 7.39. The second-order valence-electron chi connectivity index (χ2n) is 8.26. The maximum Gasteiger partial charge on any atom is 0.261 e. The van der Waals surface area contributed by atoms with Gasteiger partial charge in [0.2, 0.25) is 0 Å². The predicted octanol–water partition coefficient (Wildman–Crippen LogP) is 5.18. The van der Waals surface area contributed by atoms with E-state index in [9.17, 15) is 22.0 Å². The number of halogens is 2. The molecule has 1 aromatic heterocycles. The molecule has 178 valence electrons. The van der Waals surface area contributed by atoms with Crippen LogP contribution in [-0.4, -0.2) is 37.3 Å². The van der Waals surface area contributed by atoms with Crippen molar-refractivity contribution >= 4 is 38.1 Å². The zero-order chi connectivity index (χ0) is 24.6. The molecule has 2 heterocycles. The molecule has 0 spiro atoms. The summed E-state index contributed by atoms with van der Waals surface area (Å²) in [6.07, 6.45) is 4.48. The maximum atomic E-state index is 13.5. The molecular weight excluding hydrogens is 472 g/mol. The molecule has 0 aliphatic carbocycles. The second-order valence-corrected chi connectivity index (χ2v) is 9.94. The number of carbonyl (C=O) groups excluding carboxylic acids is 1. The zero-order valence-electron chi connectivity index (χ0n) is 18.5. The highest BCUT2D eigenvalue weighted by Gasteiger charge is 2.22. The van der Waals surface area contributed by atoms with Crippen molar-refractivity contribution in [1.82, 2.24) is 9.88 Å². The molecule has 0 fully saturated rings. The van der Waals surface area contributed by atoms with E-state index in [0.717, 1.165) is 34.2 Å². The van der Waals surface area contributed by atoms with Gasteiger partial charge in [0.1, 0.15) is 11.6 Å². The highest BCUT2D eigenvalue weighted by Crippen LogP contribution is 2.30. The Balaban J connectivity index is 1.28. The van der Waals surface area contributed by atoms with Gasteiger partial charge in [-0.3, -0.25) is 9.52 Å². The van der Waals surface area contributed by atoms with E-state index in [1.54, 1.807) is 11.0 Å². The number of fused-ring (bicyclic) bond motifs is 1. The van der Waals surface area contributed by atoms with E-state index < -0.39 is 15.8 Å². The number of nitrogens with zero attached hydrogens (tertiary/aromatic N) is 1. The van der Waals surface area contributed by atoms with Crippen LogP contribution in [0, 0.1) is 11.6 Å². The lowest BCUT2D eigenvalue weighted by atomic mass is 9.98. The molecule has 9 heteroatoms. The lowest BCUT2D eigenvalue weighted by Crippen LogP contribution is -2.34. The van der Waals surface area contributed by atoms with Gasteiger partial charge in [0.25, 0.3) is 15.9 Å². The van der Waals surface area contributed by atoms with Crippen LogP contribution in [-0.2, 0) is 10.0 Å². The van der Waals surface area contributed by atoms with Gasteiger partial charge in [-0.25, -0.2) is 17.2 Å². The van der Waals surface area contributed by atoms with Crippen LogP contribution in [0.15, 0.2) is 83.9 Å². The molecule has 0 saturated heterocycles. The molecule has 2 N–H and O–H groups in total. The van der Waals surface area contributed by atoms with Crippen LogP contribution in [0.3, 0.4) is 0 Å². The Morgan fingerprint density at radius 3 is 2.34 bits per heavy atom. The summed E-state index contributed by atoms with van der Waals surface area (Å²) in [5, 5.41) is 0.934. The molecule has 3 aromatic carbocycles. The highest BCUT2D eigenvalue weighted by molar-refractivity contribution is 7.92. The average molecular weight is 494 g/mol. The van der Waals surface area contributed by atoms with Gasteiger partial charge < -0.3 is 9.88 Å². The number of nitrogens with one attached hydrogen (secondary N) is 2. The van der Waals surface area contributed by atoms with Crippen LogP contribution in [0.5, 0.6) is 0 Å². The summed E-state index contributed by atoms with van der Waals surface area (Å²) in [5.74, 6) is -0.963. The minimum absolute atomic E-state index is 0.00465. The summed E-state index contributed by atoms with van der Waals surface area (Å²) >= 11 is 0. The minimum Gasteiger partial charge on any atom is -0.360 e. The minimum atomic E-state index is -3.88. The van der Waals surface area contributed by atoms with Gasteiger partial charge in [-0.1, -0.05) is 6.08 Å². The lowest BCUT2D eigenvalue weighted by Gasteiger charge is -2.26. The Bertz CT molecular complexity index is 1540. The number of rotatable bonds is 5. The molecule has 4 aromatic rings. The topological polar surface area (TPSA) is 82.3 Å². The molecule has 0 unspecified atom stereocenters. The van der Waals surface area contributed by atoms with Gasteiger partial charge in [-0.2, -0.15) is 0 Å². The number of benzene rings is 3. The molecule has 1 amide bonds. The van der Waals surface area contributed by atoms with Gasteiger partial charge in [0.05, 0.1) is 4.90 Å². The first-order valence-corrected chi connectivity index (χ1v) is 12.4. The number of hydrogen-bond donors (Lipinski definition) is 2. The average Bonchev–Trinajstić information content (AvgIpc) is 3.28. The van der Waals surface area contributed by atoms with Crippen LogP contribution >= 0.6 is 0 Å². The molecule has 35 heavy (non-hydrogen) atoms. The van der Waals surface area contributed by atoms with Crippen molar-refractivity contribution < 1.29 is 22.0 Å². The summed E-state index contributed by atoms with van der Waals surface area (Å²) in [6.45, 7) is 0.916. The molecule has 1 aliphatic rings. The Kier molecular flexibility index (Phi) is 5.86. The number of H-pyrrole nitrogens is 1. The van der Waals surface area contributed by atoms with E-state index in [-0.39, 0.29) is 22.3 Å². The van der Waals surface area contributed by atoms with Crippen molar-refractivity contribution in [3.63, 3.8) is 0 Å². The van der Waals surface area contributed by atoms with Crippen LogP contribution < -0.4 is 4.72 Å². The van der Waals surface area contributed by atoms with Crippen LogP contribution in [0.25, 0.3) is 16.5 Å². The van der Waals surface area contributed by atoms with E-state index in [4.69, 9.17) is 0 Å². The summed E-state index contributed by atoms with van der Waals surface area (Å²) < 4.78 is 54.1. The van der Waals surface area contributed by atoms with Gasteiger partial charge >= 0.3 is 0 Å². The smallest absolute Gasteiger partial charge is 0.261 e. The fraction of sp³-hybridized carbons (Fsp3) is 0.115. The van der Waals surface area contributed by atoms with E-state index in [1.165, 1.54) is 48.5 Å². The first kappa shape index (κ1) is 22.8. The molecule has 5 rings (SSSR count). The third kappa shape index (κ3) is 4.67. The van der Waals surface area contributed by atoms with Gasteiger partial charge in [0.15, 0.2) is 0 Å². The largest absolute Gasteiger partial charge is 0.360 e. The fourth-order valence-electron chi connectivity index (χ4n) is 4.15. The van der Waals surface area contributed by atoms with Crippen molar-refractivity contribution in [3.8, 4) is 0 Å². The molecule has 1 aliphatic heterocycles. The van der Waals surface area contributed by atoms with E-state index >= 15 is 0 Å². The first-order valence-electron chi connectivity index (χ1n) is 10.9. The summed E-state index contributed by atoms with van der Waals surface area (Å²) in [7, 11) is -3.88. The summed E-state index contributed by atoms with van der Waals surface area (Å²) in [5.41, 5.74) is 3.42. The molecular formula is C26H21F2N3O3S. The molecule has 0 atom stereocenters. The number of carbonyl (C=O) groups is 1. The molecule has 0 radical (unpaired) electrons. The number of hydrogen-bond acceptors (Lipinski definition) is 3. The Labute approximate surface area is 200 Å². The van der Waals surface area contributed by atoms with E-state index in [2.05, 4.69) is 9.71 Å². The normalized spacial score (nSPS) is 14.1. The maximum absolute atomic E-state index is 13.5. The van der Waals surface area contributed by atoms with Crippen LogP contribution in [0.2, 0.25) is 0 Å². The van der Waals surface area contributed by atoms with Crippen molar-refractivity contribution in [1.29, 1.82) is 0 Å². The van der Waals surface area contributed by atoms with E-state index in [1.807, 2.05) is 12.3 Å². The van der Waals surface area contributed by atoms with Gasteiger partial charge in [-0.05, 0) is 78.7 Å². The highest BCUT2D eigenvalue weighted by atomic mass is 32.2. The summed E-state index contributed by atoms with van der Waals surface area (Å²) in [4.78, 5) is 17.8. The molecule has 0 bridgehead atoms. The Morgan fingerprint density at radius 2 is 1.66 bits per heavy atom. The fourth-order valence-corrected chi connectivity index (χ4v) is 5.21. The van der Waals surface area contributed by atoms with Gasteiger partial charge in [-0.15, -0.1) is 0 Å². The number of aromatic amines is 1. The monoisotopic (exact) mass is 493 g/mol. The van der Waals surface area contributed by atoms with Crippen molar-refractivity contribution in [2.45, 2.75) is 11.3 Å². The Hall–Kier alpha value is -3.98. The first-order chi connectivity index (χ1) is 16.8. The van der Waals surface area contributed by atoms with Crippen molar-refractivity contribution in [3.05, 3.63) is 102 Å². The van der Waals surface area contributed by atoms with Gasteiger partial charge in [0, 0.05) is 47.0 Å². The zero-order valence-corrected chi connectivity index (χ0v) is 19.3. The SMILES string of the molecule is O=C(c1ccc(S(=O)(=O)Nc2ccc(F)cc2)cc1)N1CC=C(c2c[nH]c3cc(F)ccc23)CC1. The number of amides is 1. The predicted molar refractivity (Wildman–Crippen MR) is 130 cm³/mol. The number of anilines is 1. The number of sulfonamides is 1. The quantitative estimate of drug-likeness (QED) is 0.402. The van der Waals surface area contributed by atoms with Crippen LogP contribution in [0.1, 0.15) is 22.3 Å². The van der Waals surface area contributed by atoms with Crippen molar-refractivity contribution in [2.75, 3.05) is 17.8 Å². The Morgan fingerprint density at radius 1 is 0.943 bits per heavy atom. The van der Waals surface area contributed by atoms with Crippen LogP contribution in [0.4, 0.5) is 14.5 Å².